The van der Waals surface area contributed by atoms with Crippen LogP contribution in [0.3, 0.4) is 0 Å². The summed E-state index contributed by atoms with van der Waals surface area (Å²) in [7, 11) is -3.53. The highest BCUT2D eigenvalue weighted by Crippen LogP contribution is 2.33. The van der Waals surface area contributed by atoms with E-state index in [0.717, 1.165) is 50.7 Å². The van der Waals surface area contributed by atoms with Crippen LogP contribution in [0.15, 0.2) is 33.6 Å². The number of benzene rings is 1. The summed E-state index contributed by atoms with van der Waals surface area (Å²) in [5.74, 6) is 2.15. The van der Waals surface area contributed by atoms with Crippen LogP contribution in [0, 0.1) is 0 Å². The van der Waals surface area contributed by atoms with Crippen LogP contribution in [0.4, 0.5) is 0 Å². The van der Waals surface area contributed by atoms with Crippen LogP contribution in [-0.4, -0.2) is 63.2 Å². The number of morpholine rings is 1. The average molecular weight is 435 g/mol. The van der Waals surface area contributed by atoms with Gasteiger partial charge in [-0.25, -0.2) is 13.1 Å². The first-order valence-electron chi connectivity index (χ1n) is 8.18. The van der Waals surface area contributed by atoms with Crippen LogP contribution in [0.5, 0.6) is 0 Å². The minimum atomic E-state index is -3.53. The Kier molecular flexibility index (Phi) is 6.26. The summed E-state index contributed by atoms with van der Waals surface area (Å²) in [5, 5.41) is 0. The van der Waals surface area contributed by atoms with E-state index in [1.54, 1.807) is 18.2 Å². The first kappa shape index (κ1) is 18.7. The number of nitrogens with zero attached hydrogens (tertiary/aromatic N) is 1. The van der Waals surface area contributed by atoms with Crippen molar-refractivity contribution in [2.75, 3.05) is 44.4 Å². The van der Waals surface area contributed by atoms with Crippen molar-refractivity contribution in [3.05, 3.63) is 28.7 Å². The van der Waals surface area contributed by atoms with Gasteiger partial charge in [-0.1, -0.05) is 12.1 Å². The maximum absolute atomic E-state index is 12.7. The van der Waals surface area contributed by atoms with E-state index in [0.29, 0.717) is 15.9 Å². The lowest BCUT2D eigenvalue weighted by molar-refractivity contribution is -0.0242. The van der Waals surface area contributed by atoms with E-state index in [4.69, 9.17) is 4.74 Å². The minimum Gasteiger partial charge on any atom is -0.379 e. The maximum Gasteiger partial charge on any atom is 0.241 e. The Morgan fingerprint density at radius 2 is 1.88 bits per heavy atom. The van der Waals surface area contributed by atoms with E-state index in [9.17, 15) is 8.42 Å². The van der Waals surface area contributed by atoms with Gasteiger partial charge in [-0.2, -0.15) is 11.8 Å². The van der Waals surface area contributed by atoms with Gasteiger partial charge in [-0.05, 0) is 52.4 Å². The van der Waals surface area contributed by atoms with Crippen LogP contribution in [0.2, 0.25) is 0 Å². The molecular weight excluding hydrogens is 412 g/mol. The molecule has 0 unspecified atom stereocenters. The highest BCUT2D eigenvalue weighted by molar-refractivity contribution is 9.10. The molecule has 134 valence electrons. The summed E-state index contributed by atoms with van der Waals surface area (Å²) < 4.78 is 34.4. The second kappa shape index (κ2) is 8.05. The van der Waals surface area contributed by atoms with Crippen molar-refractivity contribution in [2.45, 2.75) is 23.3 Å². The quantitative estimate of drug-likeness (QED) is 0.770. The summed E-state index contributed by atoms with van der Waals surface area (Å²) in [6.07, 6.45) is 2.02. The zero-order chi connectivity index (χ0) is 17.0. The number of hydrogen-bond acceptors (Lipinski definition) is 5. The zero-order valence-corrected chi connectivity index (χ0v) is 16.8. The lowest BCUT2D eigenvalue weighted by atomic mass is 9.89. The number of sulfonamides is 1. The van der Waals surface area contributed by atoms with Crippen molar-refractivity contribution in [1.29, 1.82) is 0 Å². The number of rotatable bonds is 5. The van der Waals surface area contributed by atoms with Crippen LogP contribution < -0.4 is 4.72 Å². The number of nitrogens with one attached hydrogen (secondary N) is 1. The van der Waals surface area contributed by atoms with Gasteiger partial charge >= 0.3 is 0 Å². The molecular formula is C16H23BrN2O3S2. The Morgan fingerprint density at radius 3 is 2.54 bits per heavy atom. The fourth-order valence-corrected chi connectivity index (χ4v) is 6.74. The molecule has 1 aromatic carbocycles. The highest BCUT2D eigenvalue weighted by Gasteiger charge is 2.39. The summed E-state index contributed by atoms with van der Waals surface area (Å²) in [6.45, 7) is 3.66. The molecule has 2 fully saturated rings. The zero-order valence-electron chi connectivity index (χ0n) is 13.5. The Bertz CT molecular complexity index is 657. The molecule has 0 spiro atoms. The summed E-state index contributed by atoms with van der Waals surface area (Å²) in [4.78, 5) is 2.73. The Hall–Kier alpha value is -0.120. The van der Waals surface area contributed by atoms with Crippen LogP contribution >= 0.6 is 27.7 Å². The molecule has 2 saturated heterocycles. The monoisotopic (exact) mass is 434 g/mol. The van der Waals surface area contributed by atoms with Crippen molar-refractivity contribution in [3.63, 3.8) is 0 Å². The van der Waals surface area contributed by atoms with Crippen molar-refractivity contribution in [1.82, 2.24) is 9.62 Å². The molecule has 0 aromatic heterocycles. The van der Waals surface area contributed by atoms with Gasteiger partial charge in [0.05, 0.1) is 18.1 Å². The number of halogens is 1. The van der Waals surface area contributed by atoms with Crippen molar-refractivity contribution >= 4 is 37.7 Å². The van der Waals surface area contributed by atoms with E-state index in [1.165, 1.54) is 0 Å². The SMILES string of the molecule is O=S(=O)(NCC1(N2CCOCC2)CCSCC1)c1ccccc1Br. The topological polar surface area (TPSA) is 58.6 Å². The molecule has 2 aliphatic heterocycles. The smallest absolute Gasteiger partial charge is 0.241 e. The van der Waals surface area contributed by atoms with Gasteiger partial charge in [0.2, 0.25) is 10.0 Å². The van der Waals surface area contributed by atoms with Gasteiger partial charge in [-0.3, -0.25) is 4.90 Å². The molecule has 0 radical (unpaired) electrons. The molecule has 0 saturated carbocycles. The predicted octanol–water partition coefficient (Wildman–Crippen LogP) is 2.33. The van der Waals surface area contributed by atoms with Crippen LogP contribution in [0.25, 0.3) is 0 Å². The van der Waals surface area contributed by atoms with E-state index in [-0.39, 0.29) is 5.54 Å². The first-order chi connectivity index (χ1) is 11.5. The maximum atomic E-state index is 12.7. The molecule has 8 heteroatoms. The van der Waals surface area contributed by atoms with Gasteiger partial charge in [0.25, 0.3) is 0 Å². The van der Waals surface area contributed by atoms with Gasteiger partial charge in [0, 0.05) is 29.6 Å². The number of hydrogen-bond donors (Lipinski definition) is 1. The molecule has 5 nitrogen and oxygen atoms in total. The summed E-state index contributed by atoms with van der Waals surface area (Å²) in [5.41, 5.74) is -0.0939. The molecule has 1 aromatic rings. The van der Waals surface area contributed by atoms with Gasteiger partial charge < -0.3 is 4.74 Å². The molecule has 2 heterocycles. The van der Waals surface area contributed by atoms with E-state index in [1.807, 2.05) is 17.8 Å². The van der Waals surface area contributed by atoms with Crippen LogP contribution in [0.1, 0.15) is 12.8 Å². The Labute approximate surface area is 156 Å². The van der Waals surface area contributed by atoms with E-state index < -0.39 is 10.0 Å². The third kappa shape index (κ3) is 4.16. The van der Waals surface area contributed by atoms with Gasteiger partial charge in [0.1, 0.15) is 0 Å². The van der Waals surface area contributed by atoms with Gasteiger partial charge in [-0.15, -0.1) is 0 Å². The average Bonchev–Trinajstić information content (AvgIpc) is 2.62. The lowest BCUT2D eigenvalue weighted by Crippen LogP contribution is -2.60. The lowest BCUT2D eigenvalue weighted by Gasteiger charge is -2.48. The fraction of sp³-hybridized carbons (Fsp3) is 0.625. The largest absolute Gasteiger partial charge is 0.379 e. The molecule has 0 bridgehead atoms. The van der Waals surface area contributed by atoms with E-state index in [2.05, 4.69) is 25.6 Å². The molecule has 24 heavy (non-hydrogen) atoms. The third-order valence-electron chi connectivity index (χ3n) is 4.82. The fourth-order valence-electron chi connectivity index (χ4n) is 3.36. The third-order valence-corrected chi connectivity index (χ3v) is 8.22. The van der Waals surface area contributed by atoms with Crippen LogP contribution in [-0.2, 0) is 14.8 Å². The highest BCUT2D eigenvalue weighted by atomic mass is 79.9. The van der Waals surface area contributed by atoms with E-state index >= 15 is 0 Å². The summed E-state index contributed by atoms with van der Waals surface area (Å²) in [6, 6.07) is 6.94. The van der Waals surface area contributed by atoms with Crippen molar-refractivity contribution in [2.24, 2.45) is 0 Å². The normalized spacial score (nSPS) is 22.4. The minimum absolute atomic E-state index is 0.0939. The molecule has 0 aliphatic carbocycles. The Balaban J connectivity index is 1.77. The first-order valence-corrected chi connectivity index (χ1v) is 11.6. The molecule has 0 amide bonds. The molecule has 2 aliphatic rings. The molecule has 3 rings (SSSR count). The van der Waals surface area contributed by atoms with Crippen molar-refractivity contribution in [3.8, 4) is 0 Å². The second-order valence-electron chi connectivity index (χ2n) is 6.19. The summed E-state index contributed by atoms with van der Waals surface area (Å²) >= 11 is 5.29. The number of thioether (sulfide) groups is 1. The van der Waals surface area contributed by atoms with Crippen molar-refractivity contribution < 1.29 is 13.2 Å². The molecule has 0 atom stereocenters. The number of ether oxygens (including phenoxy) is 1. The second-order valence-corrected chi connectivity index (χ2v) is 10.0. The standard InChI is InChI=1S/C16H23BrN2O3S2/c17-14-3-1-2-4-15(14)24(20,21)18-13-16(5-11-23-12-6-16)19-7-9-22-10-8-19/h1-4,18H,5-13H2. The predicted molar refractivity (Wildman–Crippen MR) is 101 cm³/mol. The molecule has 1 N–H and O–H groups in total. The van der Waals surface area contributed by atoms with Gasteiger partial charge in [0.15, 0.2) is 0 Å². The Morgan fingerprint density at radius 1 is 1.21 bits per heavy atom.